The Morgan fingerprint density at radius 1 is 1.03 bits per heavy atom. The number of anilines is 2. The first kappa shape index (κ1) is 18.0. The van der Waals surface area contributed by atoms with Crippen molar-refractivity contribution in [1.82, 2.24) is 9.97 Å². The zero-order valence-electron chi connectivity index (χ0n) is 17.0. The van der Waals surface area contributed by atoms with Crippen molar-refractivity contribution in [2.75, 3.05) is 22.9 Å². The zero-order chi connectivity index (χ0) is 20.8. The van der Waals surface area contributed by atoms with E-state index in [2.05, 4.69) is 20.9 Å². The molecule has 2 aliphatic rings. The summed E-state index contributed by atoms with van der Waals surface area (Å²) in [6, 6.07) is 18.4. The first-order chi connectivity index (χ1) is 15.3. The lowest BCUT2D eigenvalue weighted by atomic mass is 10.1. The number of rotatable bonds is 4. The molecule has 3 heterocycles. The van der Waals surface area contributed by atoms with Crippen LogP contribution in [0.1, 0.15) is 23.2 Å². The topological polar surface area (TPSA) is 61.5 Å². The second kappa shape index (κ2) is 7.16. The van der Waals surface area contributed by atoms with E-state index in [1.165, 1.54) is 12.8 Å². The molecule has 2 aromatic carbocycles. The van der Waals surface area contributed by atoms with Crippen molar-refractivity contribution in [3.63, 3.8) is 0 Å². The monoisotopic (exact) mass is 410 g/mol. The molecule has 0 bridgehead atoms. The highest BCUT2D eigenvalue weighted by Gasteiger charge is 2.36. The van der Waals surface area contributed by atoms with Crippen LogP contribution in [0.2, 0.25) is 0 Å². The lowest BCUT2D eigenvalue weighted by molar-refractivity contribution is 0.0984. The maximum Gasteiger partial charge on any atom is 0.263 e. The van der Waals surface area contributed by atoms with Gasteiger partial charge in [0.15, 0.2) is 0 Å². The molecule has 0 saturated heterocycles. The third kappa shape index (κ3) is 3.20. The molecule has 1 saturated carbocycles. The van der Waals surface area contributed by atoms with Crippen LogP contribution in [0, 0.1) is 0 Å². The minimum absolute atomic E-state index is 0.0891. The van der Waals surface area contributed by atoms with E-state index in [0.29, 0.717) is 29.6 Å². The fourth-order valence-corrected chi connectivity index (χ4v) is 4.36. The van der Waals surface area contributed by atoms with Gasteiger partial charge >= 0.3 is 0 Å². The summed E-state index contributed by atoms with van der Waals surface area (Å²) in [6.45, 7) is 1.49. The lowest BCUT2D eigenvalue weighted by Gasteiger charge is -2.38. The highest BCUT2D eigenvalue weighted by Crippen LogP contribution is 2.40. The Morgan fingerprint density at radius 3 is 2.77 bits per heavy atom. The smallest absolute Gasteiger partial charge is 0.263 e. The number of ether oxygens (including phenoxy) is 1. The van der Waals surface area contributed by atoms with Gasteiger partial charge in [0.1, 0.15) is 17.1 Å². The van der Waals surface area contributed by atoms with Gasteiger partial charge in [-0.1, -0.05) is 12.1 Å². The summed E-state index contributed by atoms with van der Waals surface area (Å²) in [5.74, 6) is 1.11. The highest BCUT2D eigenvalue weighted by molar-refractivity contribution is 6.09. The van der Waals surface area contributed by atoms with Gasteiger partial charge in [0.05, 0.1) is 11.4 Å². The molecule has 4 aromatic rings. The third-order valence-electron chi connectivity index (χ3n) is 6.04. The van der Waals surface area contributed by atoms with Gasteiger partial charge in [-0.15, -0.1) is 0 Å². The molecule has 1 amide bonds. The van der Waals surface area contributed by atoms with Crippen LogP contribution in [0.5, 0.6) is 11.5 Å². The Hall–Kier alpha value is -3.80. The molecule has 6 rings (SSSR count). The number of amides is 1. The van der Waals surface area contributed by atoms with E-state index in [4.69, 9.17) is 4.74 Å². The van der Waals surface area contributed by atoms with Gasteiger partial charge in [0.2, 0.25) is 0 Å². The van der Waals surface area contributed by atoms with Gasteiger partial charge in [-0.05, 0) is 55.3 Å². The summed E-state index contributed by atoms with van der Waals surface area (Å²) in [5, 5.41) is 1.06. The van der Waals surface area contributed by atoms with E-state index >= 15 is 0 Å². The Bertz CT molecular complexity index is 1280. The average molecular weight is 410 g/mol. The van der Waals surface area contributed by atoms with Gasteiger partial charge in [0, 0.05) is 48.6 Å². The van der Waals surface area contributed by atoms with E-state index < -0.39 is 0 Å². The maximum atomic E-state index is 13.6. The number of hydrogen-bond donors (Lipinski definition) is 1. The van der Waals surface area contributed by atoms with Crippen LogP contribution in [-0.4, -0.2) is 35.0 Å². The first-order valence-corrected chi connectivity index (χ1v) is 10.6. The van der Waals surface area contributed by atoms with Crippen molar-refractivity contribution in [2.24, 2.45) is 0 Å². The molecule has 6 nitrogen and oxygen atoms in total. The number of hydrogen-bond acceptors (Lipinski definition) is 4. The van der Waals surface area contributed by atoms with Gasteiger partial charge in [-0.3, -0.25) is 9.78 Å². The summed E-state index contributed by atoms with van der Waals surface area (Å²) in [5.41, 5.74) is 3.60. The van der Waals surface area contributed by atoms with Crippen LogP contribution in [-0.2, 0) is 0 Å². The number of carbonyl (C=O) groups excluding carboxylic acids is 1. The van der Waals surface area contributed by atoms with Crippen LogP contribution in [0.15, 0.2) is 73.2 Å². The van der Waals surface area contributed by atoms with Gasteiger partial charge in [-0.25, -0.2) is 0 Å². The number of aromatic amines is 1. The molecule has 0 radical (unpaired) electrons. The minimum Gasteiger partial charge on any atom is -0.456 e. The lowest BCUT2D eigenvalue weighted by Crippen LogP contribution is -2.45. The standard InChI is InChI=1S/C25H22N4O2/c30-25(29-14-13-28(18-5-6-18)22-3-1-2-4-23(22)29)20-16-26-11-10-24(20)31-19-7-8-21-17(15-19)9-12-27-21/h1-4,7-12,15-16,18,27H,5-6,13-14H2. The number of pyridine rings is 1. The molecule has 154 valence electrons. The summed E-state index contributed by atoms with van der Waals surface area (Å²) < 4.78 is 6.14. The molecule has 1 aliphatic carbocycles. The van der Waals surface area contributed by atoms with Gasteiger partial charge in [-0.2, -0.15) is 0 Å². The molecular formula is C25H22N4O2. The second-order valence-corrected chi connectivity index (χ2v) is 8.07. The molecule has 0 atom stereocenters. The normalized spacial score (nSPS) is 15.7. The summed E-state index contributed by atoms with van der Waals surface area (Å²) in [6.07, 6.45) is 7.61. The Labute approximate surface area is 180 Å². The van der Waals surface area contributed by atoms with Crippen molar-refractivity contribution in [1.29, 1.82) is 0 Å². The van der Waals surface area contributed by atoms with E-state index in [9.17, 15) is 4.79 Å². The van der Waals surface area contributed by atoms with Crippen molar-refractivity contribution < 1.29 is 9.53 Å². The molecule has 1 fully saturated rings. The van der Waals surface area contributed by atoms with Crippen LogP contribution < -0.4 is 14.5 Å². The SMILES string of the molecule is O=C(c1cnccc1Oc1ccc2[nH]ccc2c1)N1CCN(C2CC2)c2ccccc21. The summed E-state index contributed by atoms with van der Waals surface area (Å²) >= 11 is 0. The van der Waals surface area contributed by atoms with E-state index in [1.54, 1.807) is 18.5 Å². The average Bonchev–Trinajstić information content (AvgIpc) is 3.55. The van der Waals surface area contributed by atoms with E-state index in [-0.39, 0.29) is 5.91 Å². The van der Waals surface area contributed by atoms with Crippen LogP contribution >= 0.6 is 0 Å². The molecule has 1 aliphatic heterocycles. The number of nitrogens with one attached hydrogen (secondary N) is 1. The predicted octanol–water partition coefficient (Wildman–Crippen LogP) is 4.98. The van der Waals surface area contributed by atoms with Crippen molar-refractivity contribution in [2.45, 2.75) is 18.9 Å². The molecule has 2 aromatic heterocycles. The predicted molar refractivity (Wildman–Crippen MR) is 121 cm³/mol. The quantitative estimate of drug-likeness (QED) is 0.515. The Kier molecular flexibility index (Phi) is 4.16. The third-order valence-corrected chi connectivity index (χ3v) is 6.04. The van der Waals surface area contributed by atoms with Crippen LogP contribution in [0.4, 0.5) is 11.4 Å². The second-order valence-electron chi connectivity index (χ2n) is 8.07. The fraction of sp³-hybridized carbons (Fsp3) is 0.200. The van der Waals surface area contributed by atoms with Crippen LogP contribution in [0.25, 0.3) is 10.9 Å². The minimum atomic E-state index is -0.0891. The number of aromatic nitrogens is 2. The van der Waals surface area contributed by atoms with Crippen LogP contribution in [0.3, 0.4) is 0 Å². The van der Waals surface area contributed by atoms with E-state index in [0.717, 1.165) is 28.8 Å². The largest absolute Gasteiger partial charge is 0.456 e. The van der Waals surface area contributed by atoms with Crippen molar-refractivity contribution in [3.8, 4) is 11.5 Å². The molecule has 1 N–H and O–H groups in total. The van der Waals surface area contributed by atoms with Gasteiger partial charge < -0.3 is 19.5 Å². The maximum absolute atomic E-state index is 13.6. The Balaban J connectivity index is 1.33. The fourth-order valence-electron chi connectivity index (χ4n) is 4.36. The number of para-hydroxylation sites is 2. The van der Waals surface area contributed by atoms with Crippen molar-refractivity contribution in [3.05, 3.63) is 78.8 Å². The van der Waals surface area contributed by atoms with Gasteiger partial charge in [0.25, 0.3) is 5.91 Å². The zero-order valence-corrected chi connectivity index (χ0v) is 17.0. The Morgan fingerprint density at radius 2 is 1.90 bits per heavy atom. The molecule has 6 heteroatoms. The number of nitrogens with zero attached hydrogens (tertiary/aromatic N) is 3. The number of benzene rings is 2. The molecule has 0 spiro atoms. The van der Waals surface area contributed by atoms with Crippen molar-refractivity contribution >= 4 is 28.2 Å². The highest BCUT2D eigenvalue weighted by atomic mass is 16.5. The molecule has 31 heavy (non-hydrogen) atoms. The summed E-state index contributed by atoms with van der Waals surface area (Å²) in [7, 11) is 0. The van der Waals surface area contributed by atoms with E-state index in [1.807, 2.05) is 53.6 Å². The summed E-state index contributed by atoms with van der Waals surface area (Å²) in [4.78, 5) is 25.3. The number of fused-ring (bicyclic) bond motifs is 2. The number of H-pyrrole nitrogens is 1. The first-order valence-electron chi connectivity index (χ1n) is 10.6. The molecule has 0 unspecified atom stereocenters. The number of carbonyl (C=O) groups is 1. The molecular weight excluding hydrogens is 388 g/mol.